The van der Waals surface area contributed by atoms with Gasteiger partial charge in [-0.1, -0.05) is 19.9 Å². The van der Waals surface area contributed by atoms with Crippen LogP contribution in [0.1, 0.15) is 46.6 Å². The molecule has 3 aromatic rings. The molecule has 0 unspecified atom stereocenters. The molecule has 1 aliphatic carbocycles. The van der Waals surface area contributed by atoms with Gasteiger partial charge in [-0.25, -0.2) is 0 Å². The van der Waals surface area contributed by atoms with E-state index in [0.717, 1.165) is 22.2 Å². The summed E-state index contributed by atoms with van der Waals surface area (Å²) >= 11 is 0. The summed E-state index contributed by atoms with van der Waals surface area (Å²) < 4.78 is 5.56. The molecular weight excluding hydrogens is 356 g/mol. The molecule has 1 aromatic heterocycles. The summed E-state index contributed by atoms with van der Waals surface area (Å²) in [6.07, 6.45) is -0.958. The normalized spacial score (nSPS) is 15.6. The fraction of sp³-hybridized carbons (Fsp3) is 0.273. The number of aliphatic hydroxyl groups is 2. The molecule has 4 rings (SSSR count). The van der Waals surface area contributed by atoms with E-state index in [9.17, 15) is 9.90 Å². The third kappa shape index (κ3) is 2.68. The second-order valence-corrected chi connectivity index (χ2v) is 7.56. The predicted octanol–water partition coefficient (Wildman–Crippen LogP) is 2.64. The Morgan fingerprint density at radius 2 is 2.04 bits per heavy atom. The topological polar surface area (TPSA) is 106 Å². The lowest BCUT2D eigenvalue weighted by Crippen LogP contribution is -2.30. The summed E-state index contributed by atoms with van der Waals surface area (Å²) in [5.41, 5.74) is 3.70. The minimum atomic E-state index is -0.958. The van der Waals surface area contributed by atoms with Crippen molar-refractivity contribution in [3.05, 3.63) is 64.3 Å². The number of benzene rings is 2. The van der Waals surface area contributed by atoms with Crippen molar-refractivity contribution in [3.8, 4) is 11.8 Å². The first kappa shape index (κ1) is 18.2. The largest absolute Gasteiger partial charge is 0.491 e. The molecule has 0 saturated heterocycles. The first-order chi connectivity index (χ1) is 13.4. The number of ketones is 1. The Balaban J connectivity index is 1.83. The molecule has 28 heavy (non-hydrogen) atoms. The Bertz CT molecular complexity index is 1140. The maximum Gasteiger partial charge on any atom is 0.195 e. The standard InChI is InChI=1S/C22H20N2O4/c1-22(2)17-8-14(28-11-13(26)10-25)4-6-15(17)20(27)19-16-5-3-12(9-23)7-18(16)24-21(19)22/h3-8,13,24-26H,10-11H2,1-2H3/t13-/m0/s1. The van der Waals surface area contributed by atoms with E-state index in [1.165, 1.54) is 0 Å². The summed E-state index contributed by atoms with van der Waals surface area (Å²) in [6, 6.07) is 12.7. The van der Waals surface area contributed by atoms with Crippen LogP contribution in [0.2, 0.25) is 0 Å². The smallest absolute Gasteiger partial charge is 0.195 e. The molecule has 0 amide bonds. The monoisotopic (exact) mass is 376 g/mol. The zero-order chi connectivity index (χ0) is 20.1. The van der Waals surface area contributed by atoms with Crippen LogP contribution in [0.3, 0.4) is 0 Å². The van der Waals surface area contributed by atoms with Gasteiger partial charge in [0.2, 0.25) is 0 Å². The van der Waals surface area contributed by atoms with Gasteiger partial charge in [-0.15, -0.1) is 0 Å². The Morgan fingerprint density at radius 1 is 1.25 bits per heavy atom. The number of rotatable bonds is 4. The van der Waals surface area contributed by atoms with E-state index in [4.69, 9.17) is 15.1 Å². The Labute approximate surface area is 162 Å². The van der Waals surface area contributed by atoms with Crippen LogP contribution in [-0.4, -0.2) is 40.3 Å². The zero-order valence-corrected chi connectivity index (χ0v) is 15.6. The number of aromatic amines is 1. The van der Waals surface area contributed by atoms with Crippen LogP contribution in [0, 0.1) is 11.3 Å². The maximum absolute atomic E-state index is 13.3. The number of hydrogen-bond donors (Lipinski definition) is 3. The van der Waals surface area contributed by atoms with Crippen molar-refractivity contribution in [1.82, 2.24) is 4.98 Å². The molecular formula is C22H20N2O4. The van der Waals surface area contributed by atoms with Crippen molar-refractivity contribution >= 4 is 16.7 Å². The molecule has 0 bridgehead atoms. The van der Waals surface area contributed by atoms with Crippen LogP contribution >= 0.6 is 0 Å². The first-order valence-electron chi connectivity index (χ1n) is 9.04. The molecule has 1 heterocycles. The van der Waals surface area contributed by atoms with E-state index < -0.39 is 11.5 Å². The SMILES string of the molecule is CC1(C)c2cc(OC[C@@H](O)CO)ccc2C(=O)c2c1[nH]c1cc(C#N)ccc21. The number of hydrogen-bond acceptors (Lipinski definition) is 5. The van der Waals surface area contributed by atoms with Crippen molar-refractivity contribution in [2.45, 2.75) is 25.4 Å². The van der Waals surface area contributed by atoms with Gasteiger partial charge in [0.1, 0.15) is 18.5 Å². The average Bonchev–Trinajstić information content (AvgIpc) is 3.10. The number of nitrogens with one attached hydrogen (secondary N) is 1. The third-order valence-corrected chi connectivity index (χ3v) is 5.34. The Hall–Kier alpha value is -3.14. The van der Waals surface area contributed by atoms with Crippen molar-refractivity contribution < 1.29 is 19.7 Å². The number of carbonyl (C=O) groups excluding carboxylic acids is 1. The summed E-state index contributed by atoms with van der Waals surface area (Å²) in [5, 5.41) is 28.4. The number of aromatic nitrogens is 1. The van der Waals surface area contributed by atoms with Gasteiger partial charge in [0.05, 0.1) is 23.8 Å². The second-order valence-electron chi connectivity index (χ2n) is 7.56. The lowest BCUT2D eigenvalue weighted by molar-refractivity contribution is 0.0535. The summed E-state index contributed by atoms with van der Waals surface area (Å²) in [6.45, 7) is 3.66. The van der Waals surface area contributed by atoms with E-state index >= 15 is 0 Å². The third-order valence-electron chi connectivity index (χ3n) is 5.34. The molecule has 2 aromatic carbocycles. The molecule has 0 radical (unpaired) electrons. The van der Waals surface area contributed by atoms with Gasteiger partial charge in [-0.3, -0.25) is 4.79 Å². The minimum absolute atomic E-state index is 0.0295. The molecule has 0 fully saturated rings. The van der Waals surface area contributed by atoms with Gasteiger partial charge in [0.25, 0.3) is 0 Å². The number of ether oxygens (including phenoxy) is 1. The number of aliphatic hydroxyl groups excluding tert-OH is 2. The average molecular weight is 376 g/mol. The summed E-state index contributed by atoms with van der Waals surface area (Å²) in [4.78, 5) is 16.6. The highest BCUT2D eigenvalue weighted by Crippen LogP contribution is 2.44. The Morgan fingerprint density at radius 3 is 2.75 bits per heavy atom. The first-order valence-corrected chi connectivity index (χ1v) is 9.04. The van der Waals surface area contributed by atoms with Crippen LogP contribution in [-0.2, 0) is 5.41 Å². The van der Waals surface area contributed by atoms with E-state index in [1.807, 2.05) is 26.0 Å². The fourth-order valence-corrected chi connectivity index (χ4v) is 3.81. The van der Waals surface area contributed by atoms with Gasteiger partial charge >= 0.3 is 0 Å². The number of carbonyl (C=O) groups is 1. The molecule has 6 heteroatoms. The molecule has 142 valence electrons. The van der Waals surface area contributed by atoms with E-state index in [2.05, 4.69) is 11.1 Å². The Kier molecular flexibility index (Phi) is 4.22. The van der Waals surface area contributed by atoms with Gasteiger partial charge in [-0.05, 0) is 35.9 Å². The van der Waals surface area contributed by atoms with Gasteiger partial charge in [0, 0.05) is 27.6 Å². The van der Waals surface area contributed by atoms with E-state index in [1.54, 1.807) is 24.3 Å². The quantitative estimate of drug-likeness (QED) is 0.649. The van der Waals surface area contributed by atoms with Gasteiger partial charge < -0.3 is 19.9 Å². The van der Waals surface area contributed by atoms with E-state index in [0.29, 0.717) is 22.4 Å². The summed E-state index contributed by atoms with van der Waals surface area (Å²) in [7, 11) is 0. The van der Waals surface area contributed by atoms with E-state index in [-0.39, 0.29) is 19.0 Å². The van der Waals surface area contributed by atoms with Crippen molar-refractivity contribution in [2.75, 3.05) is 13.2 Å². The minimum Gasteiger partial charge on any atom is -0.491 e. The maximum atomic E-state index is 13.3. The van der Waals surface area contributed by atoms with Gasteiger partial charge in [-0.2, -0.15) is 5.26 Å². The number of nitriles is 1. The molecule has 0 spiro atoms. The van der Waals surface area contributed by atoms with Crippen LogP contribution in [0.5, 0.6) is 5.75 Å². The molecule has 1 aliphatic rings. The molecule has 6 nitrogen and oxygen atoms in total. The zero-order valence-electron chi connectivity index (χ0n) is 15.6. The molecule has 0 aliphatic heterocycles. The number of fused-ring (bicyclic) bond motifs is 4. The molecule has 1 atom stereocenters. The van der Waals surface area contributed by atoms with Crippen molar-refractivity contribution in [1.29, 1.82) is 5.26 Å². The fourth-order valence-electron chi connectivity index (χ4n) is 3.81. The highest BCUT2D eigenvalue weighted by molar-refractivity contribution is 6.20. The molecule has 0 saturated carbocycles. The van der Waals surface area contributed by atoms with Crippen molar-refractivity contribution in [3.63, 3.8) is 0 Å². The summed E-state index contributed by atoms with van der Waals surface area (Å²) in [5.74, 6) is 0.459. The van der Waals surface area contributed by atoms with Crippen LogP contribution < -0.4 is 4.74 Å². The van der Waals surface area contributed by atoms with Crippen molar-refractivity contribution in [2.24, 2.45) is 0 Å². The lowest BCUT2D eigenvalue weighted by atomic mass is 9.71. The highest BCUT2D eigenvalue weighted by Gasteiger charge is 2.39. The predicted molar refractivity (Wildman–Crippen MR) is 104 cm³/mol. The van der Waals surface area contributed by atoms with Crippen LogP contribution in [0.4, 0.5) is 0 Å². The molecule has 3 N–H and O–H groups in total. The number of nitrogens with zero attached hydrogens (tertiary/aromatic N) is 1. The lowest BCUT2D eigenvalue weighted by Gasteiger charge is -2.32. The van der Waals surface area contributed by atoms with Crippen LogP contribution in [0.15, 0.2) is 36.4 Å². The van der Waals surface area contributed by atoms with Gasteiger partial charge in [0.15, 0.2) is 5.78 Å². The second kappa shape index (κ2) is 6.48. The van der Waals surface area contributed by atoms with Crippen LogP contribution in [0.25, 0.3) is 10.9 Å². The number of H-pyrrole nitrogens is 1. The highest BCUT2D eigenvalue weighted by atomic mass is 16.5.